The van der Waals surface area contributed by atoms with Crippen molar-refractivity contribution in [1.29, 1.82) is 0 Å². The molecule has 0 aliphatic carbocycles. The van der Waals surface area contributed by atoms with E-state index in [0.717, 1.165) is 0 Å². The average Bonchev–Trinajstić information content (AvgIpc) is 1.98. The molecule has 1 heterocycles. The first-order valence-corrected chi connectivity index (χ1v) is 3.77. The van der Waals surface area contributed by atoms with Crippen LogP contribution in [0.25, 0.3) is 10.4 Å². The molecule has 0 N–H and O–H groups in total. The number of likely N-dealkylation sites (N-methyl/N-ethyl adjacent to an activating group) is 1. The van der Waals surface area contributed by atoms with Crippen molar-refractivity contribution in [2.24, 2.45) is 5.11 Å². The first kappa shape index (κ1) is 8.90. The summed E-state index contributed by atoms with van der Waals surface area (Å²) in [6.45, 7) is 2.62. The molecule has 0 amide bonds. The smallest absolute Gasteiger partial charge is 0.0802 e. The summed E-state index contributed by atoms with van der Waals surface area (Å²) in [6, 6.07) is 0. The number of hydrazine groups is 1. The molecule has 0 aromatic carbocycles. The van der Waals surface area contributed by atoms with Crippen LogP contribution in [0.5, 0.6) is 0 Å². The van der Waals surface area contributed by atoms with Gasteiger partial charge in [-0.2, -0.15) is 0 Å². The predicted molar refractivity (Wildman–Crippen MR) is 47.1 cm³/mol. The quantitative estimate of drug-likeness (QED) is 0.336. The first-order valence-electron chi connectivity index (χ1n) is 3.77. The van der Waals surface area contributed by atoms with E-state index in [0.29, 0.717) is 6.54 Å². The van der Waals surface area contributed by atoms with Gasteiger partial charge in [-0.1, -0.05) is 11.2 Å². The van der Waals surface area contributed by atoms with Crippen LogP contribution in [0, 0.1) is 0 Å². The molecule has 0 saturated heterocycles. The van der Waals surface area contributed by atoms with Crippen molar-refractivity contribution in [3.8, 4) is 0 Å². The van der Waals surface area contributed by atoms with Crippen LogP contribution in [0.4, 0.5) is 0 Å². The van der Waals surface area contributed by atoms with E-state index in [2.05, 4.69) is 10.0 Å². The molecule has 0 radical (unpaired) electrons. The summed E-state index contributed by atoms with van der Waals surface area (Å²) >= 11 is 0. The Hall–Kier alpha value is -1.19. The molecule has 0 saturated carbocycles. The Morgan fingerprint density at radius 2 is 2.25 bits per heavy atom. The van der Waals surface area contributed by atoms with Gasteiger partial charge in [-0.15, -0.1) is 0 Å². The highest BCUT2D eigenvalue weighted by Gasteiger charge is 2.26. The van der Waals surface area contributed by atoms with Gasteiger partial charge in [0.2, 0.25) is 0 Å². The highest BCUT2D eigenvalue weighted by Crippen LogP contribution is 2.19. The van der Waals surface area contributed by atoms with Gasteiger partial charge in [0.05, 0.1) is 5.54 Å². The standard InChI is InChI=1S/C7H13N5/c1-7(9-10-8)4-5-11(2)12(3)6-7/h4-5H,6H2,1-3H3/t7-/m1/s1. The van der Waals surface area contributed by atoms with Crippen molar-refractivity contribution in [2.45, 2.75) is 12.5 Å². The summed E-state index contributed by atoms with van der Waals surface area (Å²) in [5.74, 6) is 0. The zero-order valence-electron chi connectivity index (χ0n) is 7.60. The summed E-state index contributed by atoms with van der Waals surface area (Å²) in [7, 11) is 3.90. The van der Waals surface area contributed by atoms with Crippen LogP contribution < -0.4 is 0 Å². The van der Waals surface area contributed by atoms with Crippen LogP contribution in [0.15, 0.2) is 17.4 Å². The van der Waals surface area contributed by atoms with Crippen molar-refractivity contribution in [3.63, 3.8) is 0 Å². The third-order valence-electron chi connectivity index (χ3n) is 2.01. The molecule has 0 bridgehead atoms. The van der Waals surface area contributed by atoms with Gasteiger partial charge in [0.1, 0.15) is 0 Å². The van der Waals surface area contributed by atoms with Gasteiger partial charge < -0.3 is 5.01 Å². The van der Waals surface area contributed by atoms with Gasteiger partial charge >= 0.3 is 0 Å². The van der Waals surface area contributed by atoms with Crippen LogP contribution in [-0.4, -0.2) is 36.2 Å². The van der Waals surface area contributed by atoms with E-state index in [1.807, 2.05) is 43.3 Å². The van der Waals surface area contributed by atoms with Crippen LogP contribution in [0.1, 0.15) is 6.92 Å². The Balaban J connectivity index is 2.84. The molecule has 5 heteroatoms. The lowest BCUT2D eigenvalue weighted by molar-refractivity contribution is 0.0500. The first-order chi connectivity index (χ1) is 5.57. The molecule has 1 aliphatic rings. The zero-order valence-corrected chi connectivity index (χ0v) is 7.60. The zero-order chi connectivity index (χ0) is 9.19. The minimum absolute atomic E-state index is 0.407. The lowest BCUT2D eigenvalue weighted by Crippen LogP contribution is -2.46. The lowest BCUT2D eigenvalue weighted by Gasteiger charge is -2.37. The van der Waals surface area contributed by atoms with Crippen LogP contribution in [-0.2, 0) is 0 Å². The second-order valence-corrected chi connectivity index (χ2v) is 3.25. The fraction of sp³-hybridized carbons (Fsp3) is 0.714. The Labute approximate surface area is 71.9 Å². The van der Waals surface area contributed by atoms with Gasteiger partial charge in [0.15, 0.2) is 0 Å². The summed E-state index contributed by atoms with van der Waals surface area (Å²) in [6.07, 6.45) is 3.81. The normalized spacial score (nSPS) is 30.1. The molecule has 12 heavy (non-hydrogen) atoms. The highest BCUT2D eigenvalue weighted by atomic mass is 15.6. The Morgan fingerprint density at radius 3 is 2.75 bits per heavy atom. The van der Waals surface area contributed by atoms with Gasteiger partial charge in [0.25, 0.3) is 0 Å². The molecule has 1 atom stereocenters. The summed E-state index contributed by atoms with van der Waals surface area (Å²) in [5.41, 5.74) is 7.92. The van der Waals surface area contributed by atoms with Crippen molar-refractivity contribution in [2.75, 3.05) is 20.6 Å². The molecule has 0 aromatic rings. The number of nitrogens with zero attached hydrogens (tertiary/aromatic N) is 5. The molecule has 5 nitrogen and oxygen atoms in total. The Morgan fingerprint density at radius 1 is 1.58 bits per heavy atom. The number of azide groups is 1. The molecule has 0 aromatic heterocycles. The highest BCUT2D eigenvalue weighted by molar-refractivity contribution is 5.08. The SMILES string of the molecule is CN1C=C[C@@](C)(N=[N+]=[N-])CN1C. The van der Waals surface area contributed by atoms with Crippen molar-refractivity contribution >= 4 is 0 Å². The third kappa shape index (κ3) is 1.69. The van der Waals surface area contributed by atoms with E-state index in [-0.39, 0.29) is 0 Å². The monoisotopic (exact) mass is 167 g/mol. The van der Waals surface area contributed by atoms with Gasteiger partial charge in [0, 0.05) is 31.8 Å². The van der Waals surface area contributed by atoms with E-state index < -0.39 is 5.54 Å². The van der Waals surface area contributed by atoms with E-state index in [9.17, 15) is 0 Å². The topological polar surface area (TPSA) is 55.2 Å². The average molecular weight is 167 g/mol. The molecular weight excluding hydrogens is 154 g/mol. The van der Waals surface area contributed by atoms with E-state index >= 15 is 0 Å². The fourth-order valence-electron chi connectivity index (χ4n) is 1.18. The minimum atomic E-state index is -0.407. The van der Waals surface area contributed by atoms with Gasteiger partial charge in [-0.25, -0.2) is 5.01 Å². The second kappa shape index (κ2) is 3.05. The molecular formula is C7H13N5. The van der Waals surface area contributed by atoms with E-state index in [1.165, 1.54) is 0 Å². The Kier molecular flexibility index (Phi) is 2.26. The molecule has 66 valence electrons. The summed E-state index contributed by atoms with van der Waals surface area (Å²) in [4.78, 5) is 2.82. The molecule has 1 aliphatic heterocycles. The Bertz CT molecular complexity index is 242. The minimum Gasteiger partial charge on any atom is -0.317 e. The molecule has 1 rings (SSSR count). The summed E-state index contributed by atoms with van der Waals surface area (Å²) in [5, 5.41) is 7.67. The predicted octanol–water partition coefficient (Wildman–Crippen LogP) is 1.36. The van der Waals surface area contributed by atoms with E-state index in [4.69, 9.17) is 5.53 Å². The number of rotatable bonds is 1. The van der Waals surface area contributed by atoms with Crippen molar-refractivity contribution < 1.29 is 0 Å². The van der Waals surface area contributed by atoms with Crippen LogP contribution in [0.3, 0.4) is 0 Å². The van der Waals surface area contributed by atoms with Crippen molar-refractivity contribution in [3.05, 3.63) is 22.7 Å². The van der Waals surface area contributed by atoms with Gasteiger partial charge in [-0.3, -0.25) is 0 Å². The maximum Gasteiger partial charge on any atom is 0.0802 e. The summed E-state index contributed by atoms with van der Waals surface area (Å²) < 4.78 is 0. The van der Waals surface area contributed by atoms with Crippen molar-refractivity contribution in [1.82, 2.24) is 10.0 Å². The van der Waals surface area contributed by atoms with Gasteiger partial charge in [-0.05, 0) is 12.5 Å². The number of hydrogen-bond acceptors (Lipinski definition) is 3. The van der Waals surface area contributed by atoms with Crippen LogP contribution >= 0.6 is 0 Å². The lowest BCUT2D eigenvalue weighted by atomic mass is 10.0. The van der Waals surface area contributed by atoms with Crippen LogP contribution in [0.2, 0.25) is 0 Å². The molecule has 0 fully saturated rings. The molecule has 0 spiro atoms. The van der Waals surface area contributed by atoms with E-state index in [1.54, 1.807) is 0 Å². The number of hydrogen-bond donors (Lipinski definition) is 0. The fourth-order valence-corrected chi connectivity index (χ4v) is 1.18. The third-order valence-corrected chi connectivity index (χ3v) is 2.01. The maximum atomic E-state index is 8.33. The largest absolute Gasteiger partial charge is 0.317 e. The molecule has 0 unspecified atom stereocenters. The second-order valence-electron chi connectivity index (χ2n) is 3.25. The maximum absolute atomic E-state index is 8.33.